The lowest BCUT2D eigenvalue weighted by atomic mass is 9.84. The summed E-state index contributed by atoms with van der Waals surface area (Å²) in [6, 6.07) is 9.38. The molecule has 2 bridgehead atoms. The lowest BCUT2D eigenvalue weighted by Gasteiger charge is -2.28. The van der Waals surface area contributed by atoms with E-state index in [1.165, 1.54) is 67.8 Å². The first-order valence-electron chi connectivity index (χ1n) is 11.2. The Kier molecular flexibility index (Phi) is 6.82. The molecule has 0 aliphatic heterocycles. The molecule has 5 nitrogen and oxygen atoms in total. The van der Waals surface area contributed by atoms with Gasteiger partial charge < -0.3 is 5.32 Å². The zero-order valence-electron chi connectivity index (χ0n) is 18.5. The van der Waals surface area contributed by atoms with E-state index in [-0.39, 0.29) is 39.7 Å². The molecule has 2 aliphatic carbocycles. The highest BCUT2D eigenvalue weighted by Gasteiger charge is 2.42. The van der Waals surface area contributed by atoms with Gasteiger partial charge in [-0.15, -0.1) is 6.58 Å². The van der Waals surface area contributed by atoms with Crippen LogP contribution in [0.1, 0.15) is 43.0 Å². The molecule has 0 saturated heterocycles. The molecule has 176 valence electrons. The number of nitrogens with zero attached hydrogens (tertiary/aromatic N) is 1. The molecule has 2 saturated carbocycles. The second-order valence-electron chi connectivity index (χ2n) is 9.05. The van der Waals surface area contributed by atoms with Gasteiger partial charge in [-0.1, -0.05) is 24.1 Å². The third-order valence-corrected chi connectivity index (χ3v) is 9.24. The lowest BCUT2D eigenvalue weighted by molar-refractivity contribution is 0.0915. The summed E-state index contributed by atoms with van der Waals surface area (Å²) in [5.74, 6) is 1.10. The van der Waals surface area contributed by atoms with Crippen LogP contribution in [0.25, 0.3) is 0 Å². The molecular weight excluding hydrogens is 463 g/mol. The van der Waals surface area contributed by atoms with E-state index in [9.17, 15) is 17.6 Å². The maximum atomic E-state index is 13.5. The Labute approximate surface area is 199 Å². The van der Waals surface area contributed by atoms with Crippen LogP contribution in [-0.4, -0.2) is 26.9 Å². The second-order valence-corrected chi connectivity index (χ2v) is 11.3. The summed E-state index contributed by atoms with van der Waals surface area (Å²) in [6.07, 6.45) is 6.33. The molecule has 8 heteroatoms. The zero-order chi connectivity index (χ0) is 23.8. The van der Waals surface area contributed by atoms with Crippen LogP contribution in [0.15, 0.2) is 60.0 Å². The summed E-state index contributed by atoms with van der Waals surface area (Å²) >= 11 is 6.27. The van der Waals surface area contributed by atoms with Crippen LogP contribution < -0.4 is 9.62 Å². The molecule has 0 heterocycles. The van der Waals surface area contributed by atoms with Crippen molar-refractivity contribution >= 4 is 33.2 Å². The third kappa shape index (κ3) is 4.80. The van der Waals surface area contributed by atoms with E-state index in [0.29, 0.717) is 11.8 Å². The van der Waals surface area contributed by atoms with Gasteiger partial charge in [0.1, 0.15) is 10.7 Å². The highest BCUT2D eigenvalue weighted by molar-refractivity contribution is 7.93. The molecule has 2 fully saturated rings. The first-order valence-corrected chi connectivity index (χ1v) is 13.0. The highest BCUT2D eigenvalue weighted by atomic mass is 35.5. The summed E-state index contributed by atoms with van der Waals surface area (Å²) in [4.78, 5) is 12.8. The van der Waals surface area contributed by atoms with Crippen LogP contribution in [0.5, 0.6) is 0 Å². The Morgan fingerprint density at radius 1 is 1.24 bits per heavy atom. The highest BCUT2D eigenvalue weighted by Crippen LogP contribution is 2.49. The number of nitrogens with one attached hydrogen (secondary N) is 1. The standard InChI is InChI=1S/C25H28ClFN2O3S/c1-3-12-29(21-9-7-20(27)8-10-21)33(31,32)24-15-19(6-11-23(24)26)25(30)28-16(2)22-14-17-4-5-18(22)13-17/h3,6-11,15-18,22H,1,4-5,12-14H2,2H3,(H,28,30)/t16-,17+,18+,22+/m1/s1. The van der Waals surface area contributed by atoms with Crippen molar-refractivity contribution in [3.05, 3.63) is 71.5 Å². The minimum Gasteiger partial charge on any atom is -0.349 e. The van der Waals surface area contributed by atoms with Crippen molar-refractivity contribution in [3.8, 4) is 0 Å². The fraction of sp³-hybridized carbons (Fsp3) is 0.400. The number of carbonyl (C=O) groups is 1. The van der Waals surface area contributed by atoms with E-state index in [0.717, 1.165) is 16.6 Å². The van der Waals surface area contributed by atoms with Gasteiger partial charge in [0.25, 0.3) is 15.9 Å². The maximum absolute atomic E-state index is 13.5. The molecule has 1 amide bonds. The molecule has 4 rings (SSSR count). The third-order valence-electron chi connectivity index (χ3n) is 6.96. The molecule has 1 N–H and O–H groups in total. The van der Waals surface area contributed by atoms with E-state index < -0.39 is 15.8 Å². The Morgan fingerprint density at radius 2 is 1.97 bits per heavy atom. The number of benzene rings is 2. The van der Waals surface area contributed by atoms with E-state index in [1.54, 1.807) is 0 Å². The van der Waals surface area contributed by atoms with Crippen LogP contribution >= 0.6 is 11.6 Å². The van der Waals surface area contributed by atoms with Gasteiger partial charge in [-0.3, -0.25) is 9.10 Å². The van der Waals surface area contributed by atoms with E-state index in [1.807, 2.05) is 6.92 Å². The van der Waals surface area contributed by atoms with E-state index in [4.69, 9.17) is 11.6 Å². The minimum atomic E-state index is -4.14. The lowest BCUT2D eigenvalue weighted by Crippen LogP contribution is -2.40. The summed E-state index contributed by atoms with van der Waals surface area (Å²) in [5, 5.41) is 3.07. The van der Waals surface area contributed by atoms with Gasteiger partial charge >= 0.3 is 0 Å². The minimum absolute atomic E-state index is 0.00359. The van der Waals surface area contributed by atoms with Crippen LogP contribution in [0, 0.1) is 23.6 Å². The van der Waals surface area contributed by atoms with Gasteiger partial charge in [0.05, 0.1) is 17.3 Å². The molecule has 0 unspecified atom stereocenters. The molecular formula is C25H28ClFN2O3S. The fourth-order valence-corrected chi connectivity index (χ4v) is 7.27. The SMILES string of the molecule is C=CCN(c1ccc(F)cc1)S(=O)(=O)c1cc(C(=O)N[C@H](C)[C@@H]2C[C@H]3CC[C@H]2C3)ccc1Cl. The predicted octanol–water partition coefficient (Wildman–Crippen LogP) is 5.41. The molecule has 2 aromatic carbocycles. The Morgan fingerprint density at radius 3 is 2.58 bits per heavy atom. The van der Waals surface area contributed by atoms with Crippen LogP contribution in [-0.2, 0) is 10.0 Å². The number of carbonyl (C=O) groups excluding carboxylic acids is 1. The number of anilines is 1. The molecule has 0 radical (unpaired) electrons. The van der Waals surface area contributed by atoms with E-state index in [2.05, 4.69) is 11.9 Å². The number of rotatable bonds is 8. The predicted molar refractivity (Wildman–Crippen MR) is 128 cm³/mol. The second kappa shape index (κ2) is 9.47. The van der Waals surface area contributed by atoms with Crippen molar-refractivity contribution < 1.29 is 17.6 Å². The zero-order valence-corrected chi connectivity index (χ0v) is 20.1. The normalized spacial score (nSPS) is 22.7. The van der Waals surface area contributed by atoms with Gasteiger partial charge in [0, 0.05) is 11.6 Å². The van der Waals surface area contributed by atoms with Crippen molar-refractivity contribution in [1.29, 1.82) is 0 Å². The van der Waals surface area contributed by atoms with Gasteiger partial charge in [-0.05, 0) is 86.4 Å². The van der Waals surface area contributed by atoms with Crippen molar-refractivity contribution in [2.24, 2.45) is 17.8 Å². The number of halogens is 2. The molecule has 4 atom stereocenters. The van der Waals surface area contributed by atoms with Crippen molar-refractivity contribution in [1.82, 2.24) is 5.32 Å². The van der Waals surface area contributed by atoms with Crippen LogP contribution in [0.2, 0.25) is 5.02 Å². The first kappa shape index (κ1) is 23.8. The van der Waals surface area contributed by atoms with Gasteiger partial charge in [-0.2, -0.15) is 0 Å². The number of hydrogen-bond acceptors (Lipinski definition) is 3. The quantitative estimate of drug-likeness (QED) is 0.503. The number of fused-ring (bicyclic) bond motifs is 2. The van der Waals surface area contributed by atoms with Crippen LogP contribution in [0.4, 0.5) is 10.1 Å². The van der Waals surface area contributed by atoms with Crippen molar-refractivity contribution in [3.63, 3.8) is 0 Å². The summed E-state index contributed by atoms with van der Waals surface area (Å²) in [6.45, 7) is 5.61. The van der Waals surface area contributed by atoms with Crippen molar-refractivity contribution in [2.75, 3.05) is 10.8 Å². The Hall–Kier alpha value is -2.38. The summed E-state index contributed by atoms with van der Waals surface area (Å²) in [7, 11) is -4.14. The molecule has 2 aliphatic rings. The Bertz CT molecular complexity index is 1150. The summed E-state index contributed by atoms with van der Waals surface area (Å²) < 4.78 is 41.4. The van der Waals surface area contributed by atoms with Gasteiger partial charge in [-0.25, -0.2) is 12.8 Å². The monoisotopic (exact) mass is 490 g/mol. The smallest absolute Gasteiger partial charge is 0.266 e. The number of amides is 1. The molecule has 0 aromatic heterocycles. The van der Waals surface area contributed by atoms with Crippen molar-refractivity contribution in [2.45, 2.75) is 43.5 Å². The number of hydrogen-bond donors (Lipinski definition) is 1. The Balaban J connectivity index is 1.59. The molecule has 2 aromatic rings. The van der Waals surface area contributed by atoms with Crippen LogP contribution in [0.3, 0.4) is 0 Å². The van der Waals surface area contributed by atoms with Gasteiger partial charge in [0.15, 0.2) is 0 Å². The average Bonchev–Trinajstić information content (AvgIpc) is 3.42. The van der Waals surface area contributed by atoms with E-state index >= 15 is 0 Å². The summed E-state index contributed by atoms with van der Waals surface area (Å²) in [5.41, 5.74) is 0.498. The average molecular weight is 491 g/mol. The van der Waals surface area contributed by atoms with Gasteiger partial charge in [0.2, 0.25) is 0 Å². The molecule has 33 heavy (non-hydrogen) atoms. The maximum Gasteiger partial charge on any atom is 0.266 e. The first-order chi connectivity index (χ1) is 15.7. The topological polar surface area (TPSA) is 66.5 Å². The molecule has 0 spiro atoms. The number of sulfonamides is 1. The largest absolute Gasteiger partial charge is 0.349 e. The fourth-order valence-electron chi connectivity index (χ4n) is 5.33.